The Morgan fingerprint density at radius 1 is 0.769 bits per heavy atom. The van der Waals surface area contributed by atoms with Crippen molar-refractivity contribution in [2.75, 3.05) is 39.3 Å². The van der Waals surface area contributed by atoms with Crippen molar-refractivity contribution >= 4 is 17.8 Å². The molecule has 8 heteroatoms. The normalized spacial score (nSPS) is 39.5. The van der Waals surface area contributed by atoms with Crippen molar-refractivity contribution < 1.29 is 19.5 Å². The number of nitrogens with one attached hydrogen (secondary N) is 1. The van der Waals surface area contributed by atoms with Crippen molar-refractivity contribution in [3.8, 4) is 0 Å². The number of aliphatic hydroxyl groups is 1. The van der Waals surface area contributed by atoms with Crippen molar-refractivity contribution in [1.29, 1.82) is 0 Å². The molecule has 0 aromatic rings. The van der Waals surface area contributed by atoms with Crippen LogP contribution in [0.25, 0.3) is 0 Å². The van der Waals surface area contributed by atoms with E-state index in [2.05, 4.69) is 10.2 Å². The van der Waals surface area contributed by atoms with Crippen LogP contribution in [0.3, 0.4) is 0 Å². The SMILES string of the molecule is O=C(C1CCCC1)N1CCC2(CCN(C(=O)N3CCC[C@H](NC(=O)C45CC6CC(C4)C(O)C(C6)C5)C3)CC2)C1. The van der Waals surface area contributed by atoms with Gasteiger partial charge in [-0.15, -0.1) is 0 Å². The van der Waals surface area contributed by atoms with Crippen LogP contribution >= 0.6 is 0 Å². The van der Waals surface area contributed by atoms with E-state index in [-0.39, 0.29) is 40.8 Å². The Hall–Kier alpha value is -1.83. The Labute approximate surface area is 233 Å². The van der Waals surface area contributed by atoms with Gasteiger partial charge in [-0.3, -0.25) is 9.59 Å². The van der Waals surface area contributed by atoms with Gasteiger partial charge in [0.1, 0.15) is 0 Å². The molecule has 3 heterocycles. The third kappa shape index (κ3) is 4.66. The van der Waals surface area contributed by atoms with Gasteiger partial charge in [-0.25, -0.2) is 4.79 Å². The molecule has 1 spiro atoms. The fourth-order valence-corrected chi connectivity index (χ4v) is 10.2. The number of amides is 4. The highest BCUT2D eigenvalue weighted by Crippen LogP contribution is 2.60. The molecule has 3 saturated heterocycles. The number of carbonyl (C=O) groups is 3. The first-order valence-corrected chi connectivity index (χ1v) is 16.1. The summed E-state index contributed by atoms with van der Waals surface area (Å²) in [6, 6.07) is 0.146. The number of aliphatic hydroxyl groups excluding tert-OH is 1. The average molecular weight is 541 g/mol. The standard InChI is InChI=1S/C31H48N4O4/c36-26-23-14-21-15-24(26)18-31(16-21,17-23)28(38)32-25-6-3-10-34(19-25)29(39)33-11-7-30(8-12-33)9-13-35(20-30)27(37)22-4-1-2-5-22/h21-26,36H,1-20H2,(H,32,38)/t21?,23?,24?,25-,26?,31?/m0/s1. The van der Waals surface area contributed by atoms with E-state index < -0.39 is 0 Å². The van der Waals surface area contributed by atoms with Crippen LogP contribution in [-0.2, 0) is 9.59 Å². The van der Waals surface area contributed by atoms with Crippen molar-refractivity contribution in [2.45, 2.75) is 102 Å². The van der Waals surface area contributed by atoms with E-state index in [1.165, 1.54) is 12.8 Å². The lowest BCUT2D eigenvalue weighted by Gasteiger charge is -2.58. The molecule has 2 unspecified atom stereocenters. The molecule has 5 saturated carbocycles. The molecule has 4 bridgehead atoms. The lowest BCUT2D eigenvalue weighted by Crippen LogP contribution is -2.61. The molecule has 5 aliphatic carbocycles. The predicted molar refractivity (Wildman–Crippen MR) is 147 cm³/mol. The maximum absolute atomic E-state index is 13.6. The van der Waals surface area contributed by atoms with E-state index >= 15 is 0 Å². The number of carbonyl (C=O) groups excluding carboxylic acids is 3. The van der Waals surface area contributed by atoms with Crippen LogP contribution in [-0.4, -0.2) is 89.1 Å². The van der Waals surface area contributed by atoms with Gasteiger partial charge in [0.15, 0.2) is 0 Å². The second-order valence-corrected chi connectivity index (χ2v) is 14.8. The molecule has 3 atom stereocenters. The summed E-state index contributed by atoms with van der Waals surface area (Å²) in [5, 5.41) is 14.0. The van der Waals surface area contributed by atoms with Gasteiger partial charge in [-0.1, -0.05) is 12.8 Å². The van der Waals surface area contributed by atoms with E-state index in [1.807, 2.05) is 9.80 Å². The number of hydrogen-bond acceptors (Lipinski definition) is 4. The molecule has 3 aliphatic heterocycles. The molecule has 0 aromatic heterocycles. The average Bonchev–Trinajstić information content (AvgIpc) is 3.62. The summed E-state index contributed by atoms with van der Waals surface area (Å²) in [6.45, 7) is 4.68. The number of urea groups is 1. The zero-order chi connectivity index (χ0) is 26.8. The monoisotopic (exact) mass is 540 g/mol. The second kappa shape index (κ2) is 9.92. The smallest absolute Gasteiger partial charge is 0.320 e. The van der Waals surface area contributed by atoms with E-state index in [0.29, 0.717) is 30.2 Å². The molecular formula is C31H48N4O4. The highest BCUT2D eigenvalue weighted by molar-refractivity contribution is 5.84. The fraction of sp³-hybridized carbons (Fsp3) is 0.903. The van der Waals surface area contributed by atoms with Gasteiger partial charge in [0.2, 0.25) is 11.8 Å². The van der Waals surface area contributed by atoms with E-state index in [0.717, 1.165) is 110 Å². The zero-order valence-electron chi connectivity index (χ0n) is 23.6. The minimum absolute atomic E-state index is 0.0225. The van der Waals surface area contributed by atoms with Crippen molar-refractivity contribution in [1.82, 2.24) is 20.0 Å². The van der Waals surface area contributed by atoms with Crippen LogP contribution in [0.15, 0.2) is 0 Å². The minimum Gasteiger partial charge on any atom is -0.393 e. The summed E-state index contributed by atoms with van der Waals surface area (Å²) in [4.78, 5) is 46.3. The number of hydrogen-bond donors (Lipinski definition) is 2. The van der Waals surface area contributed by atoms with Crippen molar-refractivity contribution in [2.24, 2.45) is 34.5 Å². The first kappa shape index (κ1) is 26.1. The Kier molecular flexibility index (Phi) is 6.63. The molecule has 4 amide bonds. The van der Waals surface area contributed by atoms with E-state index in [4.69, 9.17) is 0 Å². The van der Waals surface area contributed by atoms with Gasteiger partial charge in [-0.2, -0.15) is 0 Å². The molecule has 8 fully saturated rings. The highest BCUT2D eigenvalue weighted by Gasteiger charge is 2.58. The molecule has 8 aliphatic rings. The van der Waals surface area contributed by atoms with E-state index in [9.17, 15) is 19.5 Å². The van der Waals surface area contributed by atoms with Crippen LogP contribution in [0.5, 0.6) is 0 Å². The van der Waals surface area contributed by atoms with Crippen LogP contribution in [0.4, 0.5) is 4.79 Å². The highest BCUT2D eigenvalue weighted by atomic mass is 16.3. The second-order valence-electron chi connectivity index (χ2n) is 14.8. The quantitative estimate of drug-likeness (QED) is 0.574. The molecule has 39 heavy (non-hydrogen) atoms. The summed E-state index contributed by atoms with van der Waals surface area (Å²) in [5.41, 5.74) is -0.105. The molecule has 8 rings (SSSR count). The number of likely N-dealkylation sites (tertiary alicyclic amines) is 3. The molecule has 2 N–H and O–H groups in total. The predicted octanol–water partition coefficient (Wildman–Crippen LogP) is 3.38. The third-order valence-corrected chi connectivity index (χ3v) is 12.3. The van der Waals surface area contributed by atoms with Crippen LogP contribution in [0, 0.1) is 34.5 Å². The zero-order valence-corrected chi connectivity index (χ0v) is 23.6. The Balaban J connectivity index is 0.912. The van der Waals surface area contributed by atoms with Gasteiger partial charge in [0, 0.05) is 51.2 Å². The Morgan fingerprint density at radius 3 is 2.13 bits per heavy atom. The summed E-state index contributed by atoms with van der Waals surface area (Å²) in [7, 11) is 0. The first-order valence-electron chi connectivity index (χ1n) is 16.1. The third-order valence-electron chi connectivity index (χ3n) is 12.3. The van der Waals surface area contributed by atoms with Gasteiger partial charge >= 0.3 is 6.03 Å². The van der Waals surface area contributed by atoms with Crippen molar-refractivity contribution in [3.63, 3.8) is 0 Å². The lowest BCUT2D eigenvalue weighted by molar-refractivity contribution is -0.164. The molecule has 216 valence electrons. The van der Waals surface area contributed by atoms with Gasteiger partial charge < -0.3 is 25.1 Å². The van der Waals surface area contributed by atoms with Crippen LogP contribution in [0.1, 0.15) is 89.9 Å². The van der Waals surface area contributed by atoms with Crippen molar-refractivity contribution in [3.05, 3.63) is 0 Å². The maximum Gasteiger partial charge on any atom is 0.320 e. The maximum atomic E-state index is 13.6. The lowest BCUT2D eigenvalue weighted by atomic mass is 9.48. The summed E-state index contributed by atoms with van der Waals surface area (Å²) < 4.78 is 0. The topological polar surface area (TPSA) is 93.2 Å². The molecular weight excluding hydrogens is 492 g/mol. The summed E-state index contributed by atoms with van der Waals surface area (Å²) >= 11 is 0. The molecule has 0 aromatic carbocycles. The minimum atomic E-state index is -0.294. The molecule has 0 radical (unpaired) electrons. The summed E-state index contributed by atoms with van der Waals surface area (Å²) in [6.07, 6.45) is 14.0. The fourth-order valence-electron chi connectivity index (χ4n) is 10.2. The van der Waals surface area contributed by atoms with Gasteiger partial charge in [0.25, 0.3) is 0 Å². The van der Waals surface area contributed by atoms with Crippen LogP contribution < -0.4 is 5.32 Å². The largest absolute Gasteiger partial charge is 0.393 e. The number of rotatable bonds is 3. The summed E-state index contributed by atoms with van der Waals surface area (Å²) in [5.74, 6) is 2.00. The Bertz CT molecular complexity index is 971. The Morgan fingerprint density at radius 2 is 1.44 bits per heavy atom. The molecule has 8 nitrogen and oxygen atoms in total. The number of nitrogens with zero attached hydrogens (tertiary/aromatic N) is 3. The number of piperidine rings is 2. The first-order chi connectivity index (χ1) is 18.8. The van der Waals surface area contributed by atoms with E-state index in [1.54, 1.807) is 0 Å². The van der Waals surface area contributed by atoms with Crippen LogP contribution in [0.2, 0.25) is 0 Å². The van der Waals surface area contributed by atoms with Gasteiger partial charge in [-0.05, 0) is 100 Å². The van der Waals surface area contributed by atoms with Gasteiger partial charge in [0.05, 0.1) is 11.5 Å².